The quantitative estimate of drug-likeness (QED) is 0.430. The van der Waals surface area contributed by atoms with E-state index in [1.807, 2.05) is 5.43 Å². The summed E-state index contributed by atoms with van der Waals surface area (Å²) < 4.78 is 51.1. The number of hydrazine groups is 1. The molecule has 0 amide bonds. The van der Waals surface area contributed by atoms with Crippen LogP contribution in [0.25, 0.3) is 0 Å². The maximum atomic E-state index is 13.2. The number of alkyl halides is 3. The summed E-state index contributed by atoms with van der Waals surface area (Å²) in [7, 11) is 0. The second-order valence-electron chi connectivity index (χ2n) is 3.74. The van der Waals surface area contributed by atoms with E-state index in [0.29, 0.717) is 0 Å². The number of nitrogens with two attached hydrogens (primary N) is 1. The number of aromatic nitrogens is 2. The lowest BCUT2D eigenvalue weighted by Gasteiger charge is -2.21. The largest absolute Gasteiger partial charge is 0.411 e. The molecule has 9 heteroatoms. The van der Waals surface area contributed by atoms with Crippen LogP contribution in [-0.4, -0.2) is 21.7 Å². The Morgan fingerprint density at radius 1 is 1.35 bits per heavy atom. The van der Waals surface area contributed by atoms with Crippen LogP contribution in [0.2, 0.25) is 0 Å². The molecule has 0 radical (unpaired) electrons. The fourth-order valence-corrected chi connectivity index (χ4v) is 1.36. The molecular formula is C8H9F4N5. The first-order chi connectivity index (χ1) is 7.88. The van der Waals surface area contributed by atoms with Gasteiger partial charge in [0.25, 0.3) is 0 Å². The van der Waals surface area contributed by atoms with Crippen molar-refractivity contribution < 1.29 is 17.6 Å². The number of nitrogens with zero attached hydrogens (tertiary/aromatic N) is 2. The monoisotopic (exact) mass is 251 g/mol. The van der Waals surface area contributed by atoms with Crippen molar-refractivity contribution in [2.75, 3.05) is 10.7 Å². The fourth-order valence-electron chi connectivity index (χ4n) is 1.36. The molecule has 0 saturated heterocycles. The van der Waals surface area contributed by atoms with Gasteiger partial charge in [-0.3, -0.25) is 5.43 Å². The van der Waals surface area contributed by atoms with Crippen molar-refractivity contribution in [3.8, 4) is 0 Å². The number of nitrogens with one attached hydrogen (secondary N) is 2. The van der Waals surface area contributed by atoms with Crippen molar-refractivity contribution >= 4 is 11.8 Å². The van der Waals surface area contributed by atoms with Gasteiger partial charge >= 0.3 is 6.18 Å². The van der Waals surface area contributed by atoms with Crippen LogP contribution >= 0.6 is 0 Å². The van der Waals surface area contributed by atoms with E-state index in [0.717, 1.165) is 6.20 Å². The third-order valence-electron chi connectivity index (χ3n) is 2.52. The van der Waals surface area contributed by atoms with Crippen LogP contribution in [-0.2, 0) is 0 Å². The lowest BCUT2D eigenvalue weighted by atomic mass is 10.2. The molecular weight excluding hydrogens is 242 g/mol. The lowest BCUT2D eigenvalue weighted by molar-refractivity contribution is -0.151. The van der Waals surface area contributed by atoms with Crippen LogP contribution in [0.4, 0.5) is 29.3 Å². The molecule has 1 aliphatic carbocycles. The van der Waals surface area contributed by atoms with Crippen LogP contribution in [0, 0.1) is 5.82 Å². The average molecular weight is 251 g/mol. The molecule has 0 bridgehead atoms. The molecule has 0 atom stereocenters. The van der Waals surface area contributed by atoms with E-state index in [1.165, 1.54) is 0 Å². The Morgan fingerprint density at radius 2 is 2.00 bits per heavy atom. The highest BCUT2D eigenvalue weighted by molar-refractivity contribution is 5.45. The Balaban J connectivity index is 2.25. The second kappa shape index (κ2) is 3.69. The van der Waals surface area contributed by atoms with Gasteiger partial charge < -0.3 is 5.32 Å². The predicted molar refractivity (Wildman–Crippen MR) is 51.4 cm³/mol. The minimum atomic E-state index is -4.44. The van der Waals surface area contributed by atoms with Crippen LogP contribution in [0.15, 0.2) is 6.20 Å². The predicted octanol–water partition coefficient (Wildman–Crippen LogP) is 1.41. The summed E-state index contributed by atoms with van der Waals surface area (Å²) in [6.45, 7) is 0. The fraction of sp³-hybridized carbons (Fsp3) is 0.500. The van der Waals surface area contributed by atoms with E-state index in [9.17, 15) is 17.6 Å². The summed E-state index contributed by atoms with van der Waals surface area (Å²) in [5.74, 6) is 3.36. The van der Waals surface area contributed by atoms with Gasteiger partial charge in [-0.1, -0.05) is 0 Å². The van der Waals surface area contributed by atoms with Crippen molar-refractivity contribution in [1.82, 2.24) is 9.97 Å². The van der Waals surface area contributed by atoms with Crippen molar-refractivity contribution in [2.24, 2.45) is 5.84 Å². The highest BCUT2D eigenvalue weighted by Gasteiger charge is 2.64. The number of hydrogen-bond donors (Lipinski definition) is 3. The topological polar surface area (TPSA) is 75.9 Å². The minimum absolute atomic E-state index is 0.106. The van der Waals surface area contributed by atoms with Crippen molar-refractivity contribution in [1.29, 1.82) is 0 Å². The van der Waals surface area contributed by atoms with Gasteiger partial charge in [-0.15, -0.1) is 0 Å². The van der Waals surface area contributed by atoms with Crippen LogP contribution in [0.3, 0.4) is 0 Å². The SMILES string of the molecule is NNc1ncc(F)c(NC2(C(F)(F)F)CC2)n1. The Hall–Kier alpha value is -1.64. The van der Waals surface area contributed by atoms with Crippen molar-refractivity contribution in [3.63, 3.8) is 0 Å². The molecule has 1 saturated carbocycles. The molecule has 0 aromatic carbocycles. The Labute approximate surface area is 93.4 Å². The third kappa shape index (κ3) is 2.09. The van der Waals surface area contributed by atoms with Gasteiger partial charge in [-0.25, -0.2) is 15.2 Å². The van der Waals surface area contributed by atoms with Crippen molar-refractivity contribution in [2.45, 2.75) is 24.6 Å². The Bertz CT molecular complexity index is 428. The molecule has 94 valence electrons. The second-order valence-corrected chi connectivity index (χ2v) is 3.74. The van der Waals surface area contributed by atoms with Gasteiger partial charge in [0.1, 0.15) is 5.54 Å². The number of anilines is 2. The molecule has 0 unspecified atom stereocenters. The maximum Gasteiger partial charge on any atom is 0.411 e. The molecule has 2 rings (SSSR count). The average Bonchev–Trinajstić information content (AvgIpc) is 3.01. The first kappa shape index (κ1) is 11.8. The van der Waals surface area contributed by atoms with Gasteiger partial charge in [-0.05, 0) is 12.8 Å². The highest BCUT2D eigenvalue weighted by atomic mass is 19.4. The van der Waals surface area contributed by atoms with Crippen LogP contribution in [0.5, 0.6) is 0 Å². The molecule has 1 aromatic rings. The normalized spacial score (nSPS) is 17.7. The first-order valence-corrected chi connectivity index (χ1v) is 4.72. The molecule has 1 fully saturated rings. The Morgan fingerprint density at radius 3 is 2.47 bits per heavy atom. The van der Waals surface area contributed by atoms with Gasteiger partial charge in [0.15, 0.2) is 11.6 Å². The summed E-state index contributed by atoms with van der Waals surface area (Å²) in [5.41, 5.74) is -0.0460. The van der Waals surface area contributed by atoms with E-state index in [-0.39, 0.29) is 18.8 Å². The van der Waals surface area contributed by atoms with Crippen molar-refractivity contribution in [3.05, 3.63) is 12.0 Å². The van der Waals surface area contributed by atoms with E-state index in [1.54, 1.807) is 0 Å². The summed E-state index contributed by atoms with van der Waals surface area (Å²) in [4.78, 5) is 6.92. The lowest BCUT2D eigenvalue weighted by Crippen LogP contribution is -2.39. The molecule has 1 aromatic heterocycles. The molecule has 0 aliphatic heterocycles. The molecule has 1 aliphatic rings. The van der Waals surface area contributed by atoms with E-state index in [4.69, 9.17) is 5.84 Å². The zero-order valence-electron chi connectivity index (χ0n) is 8.48. The Kier molecular flexibility index (Phi) is 2.57. The number of halogens is 4. The van der Waals surface area contributed by atoms with E-state index >= 15 is 0 Å². The summed E-state index contributed by atoms with van der Waals surface area (Å²) in [5, 5.41) is 2.07. The van der Waals surface area contributed by atoms with Crippen LogP contribution in [0.1, 0.15) is 12.8 Å². The number of hydrogen-bond acceptors (Lipinski definition) is 5. The maximum absolute atomic E-state index is 13.2. The van der Waals surface area contributed by atoms with Gasteiger partial charge in [0.05, 0.1) is 6.20 Å². The van der Waals surface area contributed by atoms with Gasteiger partial charge in [-0.2, -0.15) is 18.2 Å². The number of nitrogen functional groups attached to an aromatic ring is 1. The summed E-state index contributed by atoms with van der Waals surface area (Å²) in [6, 6.07) is 0. The van der Waals surface area contributed by atoms with Gasteiger partial charge in [0.2, 0.25) is 5.95 Å². The molecule has 17 heavy (non-hydrogen) atoms. The zero-order chi connectivity index (χ0) is 12.7. The van der Waals surface area contributed by atoms with Gasteiger partial charge in [0, 0.05) is 0 Å². The third-order valence-corrected chi connectivity index (χ3v) is 2.52. The zero-order valence-corrected chi connectivity index (χ0v) is 8.48. The molecule has 4 N–H and O–H groups in total. The molecule has 5 nitrogen and oxygen atoms in total. The smallest absolute Gasteiger partial charge is 0.354 e. The highest BCUT2D eigenvalue weighted by Crippen LogP contribution is 2.51. The summed E-state index contributed by atoms with van der Waals surface area (Å²) in [6.07, 6.45) is -3.91. The minimum Gasteiger partial charge on any atom is -0.354 e. The molecule has 0 spiro atoms. The number of rotatable bonds is 3. The first-order valence-electron chi connectivity index (χ1n) is 4.72. The van der Waals surface area contributed by atoms with Crippen LogP contribution < -0.4 is 16.6 Å². The van der Waals surface area contributed by atoms with E-state index in [2.05, 4.69) is 15.3 Å². The standard InChI is InChI=1S/C8H9F4N5/c9-4-3-14-6(17-13)15-5(4)16-7(1-2-7)8(10,11)12/h3H,1-2,13H2,(H2,14,15,16,17). The summed E-state index contributed by atoms with van der Waals surface area (Å²) >= 11 is 0. The molecule has 1 heterocycles. The van der Waals surface area contributed by atoms with E-state index < -0.39 is 23.4 Å².